The summed E-state index contributed by atoms with van der Waals surface area (Å²) in [6, 6.07) is 8.64. The number of imide groups is 1. The number of halogens is 1. The molecule has 170 valence electrons. The zero-order valence-electron chi connectivity index (χ0n) is 18.2. The van der Waals surface area contributed by atoms with Gasteiger partial charge in [0.15, 0.2) is 0 Å². The minimum absolute atomic E-state index is 0.192. The molecule has 3 aliphatic rings. The molecule has 0 bridgehead atoms. The maximum atomic E-state index is 13.8. The Bertz CT molecular complexity index is 1200. The molecule has 2 atom stereocenters. The van der Waals surface area contributed by atoms with Crippen molar-refractivity contribution < 1.29 is 23.5 Å². The Morgan fingerprint density at radius 3 is 2.79 bits per heavy atom. The van der Waals surface area contributed by atoms with Gasteiger partial charge in [-0.3, -0.25) is 9.59 Å². The Balaban J connectivity index is 1.46. The first-order valence-corrected chi connectivity index (χ1v) is 11.6. The number of thioether (sulfide) groups is 1. The molecule has 3 heterocycles. The van der Waals surface area contributed by atoms with E-state index in [1.54, 1.807) is 23.3 Å². The van der Waals surface area contributed by atoms with Gasteiger partial charge in [-0.15, -0.1) is 11.8 Å². The summed E-state index contributed by atoms with van der Waals surface area (Å²) in [6.07, 6.45) is 1.78. The highest BCUT2D eigenvalue weighted by molar-refractivity contribution is 8.03. The summed E-state index contributed by atoms with van der Waals surface area (Å²) in [5.41, 5.74) is 2.28. The lowest BCUT2D eigenvalue weighted by Crippen LogP contribution is -2.64. The third-order valence-corrected chi connectivity index (χ3v) is 7.14. The summed E-state index contributed by atoms with van der Waals surface area (Å²) in [5, 5.41) is 1.23. The van der Waals surface area contributed by atoms with E-state index < -0.39 is 23.1 Å². The second kappa shape index (κ2) is 8.22. The van der Waals surface area contributed by atoms with Gasteiger partial charge in [0.1, 0.15) is 30.0 Å². The fraction of sp³-hybridized carbons (Fsp3) is 0.292. The van der Waals surface area contributed by atoms with E-state index in [2.05, 4.69) is 0 Å². The number of benzene rings is 2. The van der Waals surface area contributed by atoms with Crippen molar-refractivity contribution in [2.75, 3.05) is 29.5 Å². The Kier molecular flexibility index (Phi) is 5.36. The average molecular weight is 468 g/mol. The molecule has 4 amide bonds. The first kappa shape index (κ1) is 21.5. The Morgan fingerprint density at radius 1 is 1.18 bits per heavy atom. The van der Waals surface area contributed by atoms with Gasteiger partial charge < -0.3 is 14.5 Å². The molecule has 1 fully saturated rings. The van der Waals surface area contributed by atoms with Gasteiger partial charge in [-0.25, -0.2) is 14.1 Å². The third kappa shape index (κ3) is 3.66. The van der Waals surface area contributed by atoms with E-state index in [1.807, 2.05) is 25.1 Å². The predicted octanol–water partition coefficient (Wildman–Crippen LogP) is 3.63. The minimum Gasteiger partial charge on any atom is -0.490 e. The second-order valence-electron chi connectivity index (χ2n) is 8.26. The monoisotopic (exact) mass is 467 g/mol. The smallest absolute Gasteiger partial charge is 0.332 e. The molecular weight excluding hydrogens is 445 g/mol. The van der Waals surface area contributed by atoms with Crippen LogP contribution in [0.2, 0.25) is 0 Å². The van der Waals surface area contributed by atoms with E-state index in [4.69, 9.17) is 4.74 Å². The fourth-order valence-electron chi connectivity index (χ4n) is 4.34. The number of carbonyl (C=O) groups excluding carboxylic acids is 3. The van der Waals surface area contributed by atoms with Crippen molar-refractivity contribution in [2.45, 2.75) is 25.1 Å². The molecule has 0 radical (unpaired) electrons. The van der Waals surface area contributed by atoms with Gasteiger partial charge in [-0.05, 0) is 60.7 Å². The van der Waals surface area contributed by atoms with E-state index >= 15 is 0 Å². The molecule has 3 aliphatic heterocycles. The van der Waals surface area contributed by atoms with Crippen molar-refractivity contribution in [1.82, 2.24) is 4.90 Å². The lowest BCUT2D eigenvalue weighted by Gasteiger charge is -2.41. The summed E-state index contributed by atoms with van der Waals surface area (Å²) >= 11 is 1.31. The Hall–Kier alpha value is -3.33. The topological polar surface area (TPSA) is 70.2 Å². The van der Waals surface area contributed by atoms with E-state index in [1.165, 1.54) is 34.9 Å². The zero-order valence-corrected chi connectivity index (χ0v) is 19.0. The summed E-state index contributed by atoms with van der Waals surface area (Å²) in [7, 11) is 0. The standard InChI is InChI=1S/C24H22FN3O4S/c1-14-3-6-20-19(11-14)26(8-9-32-20)21(29)13-27-18-7-10-33-22(18)23(30)28(24(27)31)16-4-5-17(25)15(2)12-16/h3-7,10-12,18,22H,8-9,13H2,1-2H3. The molecule has 0 spiro atoms. The Morgan fingerprint density at radius 2 is 2.00 bits per heavy atom. The van der Waals surface area contributed by atoms with Gasteiger partial charge >= 0.3 is 6.03 Å². The van der Waals surface area contributed by atoms with Crippen LogP contribution in [0.15, 0.2) is 47.9 Å². The van der Waals surface area contributed by atoms with Crippen molar-refractivity contribution >= 4 is 41.0 Å². The second-order valence-corrected chi connectivity index (χ2v) is 9.31. The number of aryl methyl sites for hydroxylation is 2. The first-order valence-electron chi connectivity index (χ1n) is 10.6. The molecule has 0 aliphatic carbocycles. The highest BCUT2D eigenvalue weighted by Crippen LogP contribution is 2.37. The maximum Gasteiger partial charge on any atom is 0.332 e. The van der Waals surface area contributed by atoms with E-state index in [0.29, 0.717) is 35.8 Å². The average Bonchev–Trinajstić information content (AvgIpc) is 3.28. The quantitative estimate of drug-likeness (QED) is 0.690. The van der Waals surface area contributed by atoms with E-state index in [-0.39, 0.29) is 18.4 Å². The SMILES string of the molecule is Cc1ccc2c(c1)N(C(=O)CN1C(=O)N(c3ccc(F)c(C)c3)C(=O)C3SC=CC31)CCO2. The predicted molar refractivity (Wildman–Crippen MR) is 124 cm³/mol. The third-order valence-electron chi connectivity index (χ3n) is 6.06. The number of hydrogen-bond acceptors (Lipinski definition) is 5. The number of urea groups is 1. The van der Waals surface area contributed by atoms with Crippen LogP contribution in [0.1, 0.15) is 11.1 Å². The molecule has 5 rings (SSSR count). The number of fused-ring (bicyclic) bond motifs is 2. The molecule has 9 heteroatoms. The van der Waals surface area contributed by atoms with Crippen LogP contribution >= 0.6 is 11.8 Å². The fourth-order valence-corrected chi connectivity index (χ4v) is 5.38. The molecule has 7 nitrogen and oxygen atoms in total. The first-order chi connectivity index (χ1) is 15.8. The summed E-state index contributed by atoms with van der Waals surface area (Å²) < 4.78 is 19.5. The van der Waals surface area contributed by atoms with Crippen molar-refractivity contribution in [3.05, 3.63) is 64.8 Å². The van der Waals surface area contributed by atoms with Crippen LogP contribution in [-0.2, 0) is 9.59 Å². The van der Waals surface area contributed by atoms with Gasteiger partial charge in [0.2, 0.25) is 5.91 Å². The number of nitrogens with zero attached hydrogens (tertiary/aromatic N) is 3. The highest BCUT2D eigenvalue weighted by atomic mass is 32.2. The Labute approximate surface area is 194 Å². The van der Waals surface area contributed by atoms with Gasteiger partial charge in [-0.1, -0.05) is 12.1 Å². The molecule has 0 aromatic heterocycles. The maximum absolute atomic E-state index is 13.8. The molecule has 0 N–H and O–H groups in total. The molecule has 0 saturated carbocycles. The zero-order chi connectivity index (χ0) is 23.3. The van der Waals surface area contributed by atoms with Crippen LogP contribution < -0.4 is 14.5 Å². The van der Waals surface area contributed by atoms with E-state index in [0.717, 1.165) is 10.5 Å². The number of ether oxygens (including phenoxy) is 1. The molecule has 2 aromatic carbocycles. The van der Waals surface area contributed by atoms with Crippen molar-refractivity contribution in [3.8, 4) is 5.75 Å². The van der Waals surface area contributed by atoms with Crippen LogP contribution in [0.4, 0.5) is 20.6 Å². The number of carbonyl (C=O) groups is 3. The highest BCUT2D eigenvalue weighted by Gasteiger charge is 2.48. The molecule has 2 aromatic rings. The van der Waals surface area contributed by atoms with Gasteiger partial charge in [0.05, 0.1) is 24.0 Å². The van der Waals surface area contributed by atoms with Crippen molar-refractivity contribution in [2.24, 2.45) is 0 Å². The van der Waals surface area contributed by atoms with Crippen LogP contribution in [0, 0.1) is 19.7 Å². The van der Waals surface area contributed by atoms with Crippen LogP contribution in [0.25, 0.3) is 0 Å². The van der Waals surface area contributed by atoms with Crippen molar-refractivity contribution in [1.29, 1.82) is 0 Å². The molecule has 33 heavy (non-hydrogen) atoms. The summed E-state index contributed by atoms with van der Waals surface area (Å²) in [6.45, 7) is 4.05. The number of amides is 4. The largest absolute Gasteiger partial charge is 0.490 e. The van der Waals surface area contributed by atoms with Crippen LogP contribution in [0.3, 0.4) is 0 Å². The number of rotatable bonds is 3. The minimum atomic E-state index is -0.592. The molecular formula is C24H22FN3O4S. The van der Waals surface area contributed by atoms with E-state index in [9.17, 15) is 18.8 Å². The summed E-state index contributed by atoms with van der Waals surface area (Å²) in [4.78, 5) is 44.1. The van der Waals surface area contributed by atoms with Gasteiger partial charge in [-0.2, -0.15) is 0 Å². The van der Waals surface area contributed by atoms with Crippen molar-refractivity contribution in [3.63, 3.8) is 0 Å². The van der Waals surface area contributed by atoms with Gasteiger partial charge in [0, 0.05) is 0 Å². The normalized spacial score (nSPS) is 21.7. The van der Waals surface area contributed by atoms with Crippen LogP contribution in [-0.4, -0.2) is 53.7 Å². The van der Waals surface area contributed by atoms with Crippen LogP contribution in [0.5, 0.6) is 5.75 Å². The lowest BCUT2D eigenvalue weighted by atomic mass is 10.1. The number of anilines is 2. The summed E-state index contributed by atoms with van der Waals surface area (Å²) in [5.74, 6) is -0.425. The lowest BCUT2D eigenvalue weighted by molar-refractivity contribution is -0.123. The molecule has 1 saturated heterocycles. The van der Waals surface area contributed by atoms with Gasteiger partial charge in [0.25, 0.3) is 5.91 Å². The number of hydrogen-bond donors (Lipinski definition) is 0. The molecule has 2 unspecified atom stereocenters.